The van der Waals surface area contributed by atoms with Crippen molar-refractivity contribution < 1.29 is 14.3 Å². The number of benzene rings is 1. The molecular formula is C21H20N4O3S. The molecule has 0 radical (unpaired) electrons. The molecule has 2 N–H and O–H groups in total. The minimum atomic E-state index is -0.575. The molecule has 1 aromatic carbocycles. The Balaban J connectivity index is 1.62. The third-order valence-electron chi connectivity index (χ3n) is 5.29. The highest BCUT2D eigenvalue weighted by Gasteiger charge is 2.30. The molecule has 148 valence electrons. The molecule has 0 saturated heterocycles. The third kappa shape index (κ3) is 3.18. The average Bonchev–Trinajstić information content (AvgIpc) is 3.31. The largest absolute Gasteiger partial charge is 0.442 e. The lowest BCUT2D eigenvalue weighted by Crippen LogP contribution is -2.12. The van der Waals surface area contributed by atoms with Crippen molar-refractivity contribution in [3.63, 3.8) is 0 Å². The Morgan fingerprint density at radius 2 is 2.17 bits per heavy atom. The highest BCUT2D eigenvalue weighted by atomic mass is 32.1. The van der Waals surface area contributed by atoms with Crippen LogP contribution in [0, 0.1) is 12.8 Å². The van der Waals surface area contributed by atoms with Gasteiger partial charge in [-0.2, -0.15) is 0 Å². The van der Waals surface area contributed by atoms with Crippen LogP contribution in [0.5, 0.6) is 0 Å². The molecule has 1 saturated carbocycles. The van der Waals surface area contributed by atoms with E-state index in [4.69, 9.17) is 4.42 Å². The number of rotatable bonds is 5. The van der Waals surface area contributed by atoms with Crippen molar-refractivity contribution in [3.8, 4) is 11.1 Å². The van der Waals surface area contributed by atoms with Crippen LogP contribution in [-0.4, -0.2) is 26.0 Å². The first-order valence-electron chi connectivity index (χ1n) is 9.67. The summed E-state index contributed by atoms with van der Waals surface area (Å²) in [4.78, 5) is 25.6. The van der Waals surface area contributed by atoms with Gasteiger partial charge in [-0.3, -0.25) is 9.78 Å². The quantitative estimate of drug-likeness (QED) is 0.500. The van der Waals surface area contributed by atoms with E-state index in [-0.39, 0.29) is 11.8 Å². The van der Waals surface area contributed by atoms with Gasteiger partial charge in [0.25, 0.3) is 0 Å². The summed E-state index contributed by atoms with van der Waals surface area (Å²) in [5, 5.41) is 13.6. The molecule has 0 aliphatic heterocycles. The molecule has 4 aromatic rings. The Labute approximate surface area is 170 Å². The van der Waals surface area contributed by atoms with E-state index < -0.39 is 6.10 Å². The van der Waals surface area contributed by atoms with Gasteiger partial charge in [0, 0.05) is 23.2 Å². The van der Waals surface area contributed by atoms with Crippen molar-refractivity contribution >= 4 is 43.7 Å². The van der Waals surface area contributed by atoms with Gasteiger partial charge in [-0.15, -0.1) is 0 Å². The van der Waals surface area contributed by atoms with E-state index in [2.05, 4.69) is 20.3 Å². The maximum Gasteiger partial charge on any atom is 0.229 e. The van der Waals surface area contributed by atoms with Crippen LogP contribution in [0.3, 0.4) is 0 Å². The van der Waals surface area contributed by atoms with Gasteiger partial charge in [0.1, 0.15) is 10.2 Å². The Hall–Kier alpha value is -2.84. The number of amides is 1. The van der Waals surface area contributed by atoms with Gasteiger partial charge in [0.2, 0.25) is 5.91 Å². The average molecular weight is 408 g/mol. The number of fused-ring (bicyclic) bond motifs is 3. The summed E-state index contributed by atoms with van der Waals surface area (Å²) >= 11 is 1.40. The maximum atomic E-state index is 12.1. The van der Waals surface area contributed by atoms with Crippen LogP contribution in [0.15, 0.2) is 29.1 Å². The first-order chi connectivity index (χ1) is 14.0. The molecule has 29 heavy (non-hydrogen) atoms. The van der Waals surface area contributed by atoms with Crippen molar-refractivity contribution in [2.75, 3.05) is 5.32 Å². The highest BCUT2D eigenvalue weighted by Crippen LogP contribution is 2.40. The number of anilines is 1. The standard InChI is InChI=1S/C21H20N4O3S/c1-3-16(26)14-6-10(2)13(8-22-14)12-7-15-19(18-17(12)23-9-28-18)29-21(24-15)25-20(27)11-4-5-11/h6-9,11,16,26H,3-5H2,1-2H3,(H,24,25,27). The highest BCUT2D eigenvalue weighted by molar-refractivity contribution is 7.23. The van der Waals surface area contributed by atoms with E-state index in [0.717, 1.165) is 45.3 Å². The Morgan fingerprint density at radius 1 is 1.34 bits per heavy atom. The molecular weight excluding hydrogens is 388 g/mol. The van der Waals surface area contributed by atoms with Crippen LogP contribution in [0.25, 0.3) is 32.4 Å². The first kappa shape index (κ1) is 18.2. The molecule has 1 atom stereocenters. The number of carbonyl (C=O) groups excluding carboxylic acids is 1. The third-order valence-corrected chi connectivity index (χ3v) is 6.28. The van der Waals surface area contributed by atoms with E-state index in [1.54, 1.807) is 6.20 Å². The molecule has 7 nitrogen and oxygen atoms in total. The van der Waals surface area contributed by atoms with E-state index in [0.29, 0.717) is 22.8 Å². The van der Waals surface area contributed by atoms with Gasteiger partial charge in [-0.05, 0) is 43.9 Å². The number of aromatic nitrogens is 3. The smallest absolute Gasteiger partial charge is 0.229 e. The molecule has 1 aliphatic carbocycles. The fraction of sp³-hybridized carbons (Fsp3) is 0.333. The number of oxazole rings is 1. The Morgan fingerprint density at radius 3 is 2.90 bits per heavy atom. The monoisotopic (exact) mass is 408 g/mol. The predicted octanol–water partition coefficient (Wildman–Crippen LogP) is 4.60. The number of pyridine rings is 1. The van der Waals surface area contributed by atoms with Crippen molar-refractivity contribution in [3.05, 3.63) is 36.0 Å². The summed E-state index contributed by atoms with van der Waals surface area (Å²) in [5.74, 6) is 0.150. The van der Waals surface area contributed by atoms with E-state index in [1.165, 1.54) is 17.7 Å². The van der Waals surface area contributed by atoms with Crippen LogP contribution in [0.2, 0.25) is 0 Å². The molecule has 1 fully saturated rings. The first-order valence-corrected chi connectivity index (χ1v) is 10.5. The summed E-state index contributed by atoms with van der Waals surface area (Å²) < 4.78 is 6.53. The zero-order valence-corrected chi connectivity index (χ0v) is 16.9. The molecule has 0 spiro atoms. The van der Waals surface area contributed by atoms with Crippen LogP contribution >= 0.6 is 11.3 Å². The van der Waals surface area contributed by atoms with Gasteiger partial charge in [-0.1, -0.05) is 18.3 Å². The number of thiazole rings is 1. The molecule has 1 amide bonds. The van der Waals surface area contributed by atoms with Crippen LogP contribution in [0.1, 0.15) is 43.5 Å². The molecule has 5 rings (SSSR count). The second-order valence-corrected chi connectivity index (χ2v) is 8.43. The minimum absolute atomic E-state index is 0.0307. The molecule has 1 unspecified atom stereocenters. The molecule has 8 heteroatoms. The molecule has 3 aromatic heterocycles. The van der Waals surface area contributed by atoms with Crippen LogP contribution in [0.4, 0.5) is 5.13 Å². The minimum Gasteiger partial charge on any atom is -0.442 e. The number of nitrogens with zero attached hydrogens (tertiary/aromatic N) is 3. The van der Waals surface area contributed by atoms with E-state index in [1.807, 2.05) is 26.0 Å². The predicted molar refractivity (Wildman–Crippen MR) is 112 cm³/mol. The van der Waals surface area contributed by atoms with E-state index in [9.17, 15) is 9.90 Å². The lowest BCUT2D eigenvalue weighted by atomic mass is 9.99. The second-order valence-electron chi connectivity index (χ2n) is 7.43. The lowest BCUT2D eigenvalue weighted by molar-refractivity contribution is -0.117. The SMILES string of the molecule is CCC(O)c1cc(C)c(-c2cc3nc(NC(=O)C4CC4)sc3c3ocnc23)cn1. The van der Waals surface area contributed by atoms with Crippen molar-refractivity contribution in [2.45, 2.75) is 39.2 Å². The fourth-order valence-corrected chi connectivity index (χ4v) is 4.40. The van der Waals surface area contributed by atoms with Crippen molar-refractivity contribution in [2.24, 2.45) is 5.92 Å². The summed E-state index contributed by atoms with van der Waals surface area (Å²) in [6.45, 7) is 3.91. The number of carbonyl (C=O) groups is 1. The van der Waals surface area contributed by atoms with Crippen LogP contribution < -0.4 is 5.32 Å². The number of aliphatic hydroxyl groups is 1. The van der Waals surface area contributed by atoms with Gasteiger partial charge in [-0.25, -0.2) is 9.97 Å². The van der Waals surface area contributed by atoms with E-state index >= 15 is 0 Å². The summed E-state index contributed by atoms with van der Waals surface area (Å²) in [6, 6.07) is 3.87. The number of hydrogen-bond acceptors (Lipinski definition) is 7. The summed E-state index contributed by atoms with van der Waals surface area (Å²) in [6.07, 6.45) is 5.12. The molecule has 1 aliphatic rings. The molecule has 3 heterocycles. The number of nitrogens with one attached hydrogen (secondary N) is 1. The van der Waals surface area contributed by atoms with Crippen molar-refractivity contribution in [1.29, 1.82) is 0 Å². The normalized spacial score (nSPS) is 15.1. The Kier molecular flexibility index (Phi) is 4.33. The van der Waals surface area contributed by atoms with Crippen LogP contribution in [-0.2, 0) is 4.79 Å². The molecule has 0 bridgehead atoms. The fourth-order valence-electron chi connectivity index (χ4n) is 3.46. The van der Waals surface area contributed by atoms with Gasteiger partial charge in [0.15, 0.2) is 17.1 Å². The lowest BCUT2D eigenvalue weighted by Gasteiger charge is -2.11. The Bertz CT molecular complexity index is 1240. The summed E-state index contributed by atoms with van der Waals surface area (Å²) in [5.41, 5.74) is 5.56. The van der Waals surface area contributed by atoms with Gasteiger partial charge >= 0.3 is 0 Å². The zero-order chi connectivity index (χ0) is 20.1. The van der Waals surface area contributed by atoms with Gasteiger partial charge in [0.05, 0.1) is 17.3 Å². The topological polar surface area (TPSA) is 101 Å². The van der Waals surface area contributed by atoms with Crippen molar-refractivity contribution in [1.82, 2.24) is 15.0 Å². The summed E-state index contributed by atoms with van der Waals surface area (Å²) in [7, 11) is 0. The number of hydrogen-bond donors (Lipinski definition) is 2. The number of aliphatic hydroxyl groups excluding tert-OH is 1. The maximum absolute atomic E-state index is 12.1. The second kappa shape index (κ2) is 6.89. The van der Waals surface area contributed by atoms with Gasteiger partial charge < -0.3 is 14.8 Å². The number of aryl methyl sites for hydroxylation is 1. The zero-order valence-electron chi connectivity index (χ0n) is 16.1.